The van der Waals surface area contributed by atoms with Crippen LogP contribution in [0.25, 0.3) is 0 Å². The molecular formula is C9H19NO3. The predicted octanol–water partition coefficient (Wildman–Crippen LogP) is 1.98. The smallest absolute Gasteiger partial charge is 0.203 e. The molecule has 1 unspecified atom stereocenters. The number of nitro groups is 1. The lowest BCUT2D eigenvalue weighted by atomic mass is 10.1. The van der Waals surface area contributed by atoms with Gasteiger partial charge in [0.15, 0.2) is 0 Å². The summed E-state index contributed by atoms with van der Waals surface area (Å²) < 4.78 is 0. The average molecular weight is 189 g/mol. The van der Waals surface area contributed by atoms with Gasteiger partial charge < -0.3 is 5.11 Å². The molecule has 0 heterocycles. The van der Waals surface area contributed by atoms with Gasteiger partial charge in [0.2, 0.25) is 6.54 Å². The molecule has 1 atom stereocenters. The molecule has 0 aliphatic rings. The van der Waals surface area contributed by atoms with E-state index in [1.165, 1.54) is 0 Å². The molecule has 0 aromatic rings. The molecule has 0 radical (unpaired) electrons. The third kappa shape index (κ3) is 11.4. The summed E-state index contributed by atoms with van der Waals surface area (Å²) >= 11 is 0. The first-order valence-electron chi connectivity index (χ1n) is 4.93. The van der Waals surface area contributed by atoms with Crippen LogP contribution in [0.1, 0.15) is 45.4 Å². The van der Waals surface area contributed by atoms with Gasteiger partial charge in [-0.1, -0.05) is 19.3 Å². The standard InChI is InChI=1S/C9H19NO3/c1-9(11)7-5-3-2-4-6-8-10(12)13/h9,11H,2-8H2,1H3. The van der Waals surface area contributed by atoms with E-state index in [0.717, 1.165) is 32.1 Å². The zero-order valence-electron chi connectivity index (χ0n) is 8.24. The number of hydrogen-bond acceptors (Lipinski definition) is 3. The molecule has 0 aromatic carbocycles. The Bertz CT molecular complexity index is 137. The van der Waals surface area contributed by atoms with Gasteiger partial charge >= 0.3 is 0 Å². The number of hydrogen-bond donors (Lipinski definition) is 1. The molecule has 1 N–H and O–H groups in total. The SMILES string of the molecule is CC(O)CCCCCCC[N+](=O)[O-]. The summed E-state index contributed by atoms with van der Waals surface area (Å²) in [6, 6.07) is 0. The molecule has 4 heteroatoms. The molecule has 78 valence electrons. The fraction of sp³-hybridized carbons (Fsp3) is 1.00. The highest BCUT2D eigenvalue weighted by Crippen LogP contribution is 2.06. The Morgan fingerprint density at radius 3 is 2.31 bits per heavy atom. The third-order valence-electron chi connectivity index (χ3n) is 1.96. The van der Waals surface area contributed by atoms with Gasteiger partial charge in [0, 0.05) is 11.3 Å². The van der Waals surface area contributed by atoms with Crippen molar-refractivity contribution >= 4 is 0 Å². The molecule has 13 heavy (non-hydrogen) atoms. The average Bonchev–Trinajstić information content (AvgIpc) is 2.01. The van der Waals surface area contributed by atoms with Gasteiger partial charge in [0.05, 0.1) is 6.10 Å². The van der Waals surface area contributed by atoms with E-state index in [0.29, 0.717) is 6.42 Å². The second-order valence-electron chi connectivity index (χ2n) is 3.46. The Hall–Kier alpha value is -0.640. The van der Waals surface area contributed by atoms with Gasteiger partial charge in [-0.2, -0.15) is 0 Å². The lowest BCUT2D eigenvalue weighted by Crippen LogP contribution is -2.00. The minimum absolute atomic E-state index is 0.0937. The minimum atomic E-state index is -0.268. The first kappa shape index (κ1) is 12.4. The maximum atomic E-state index is 9.95. The molecule has 0 bridgehead atoms. The highest BCUT2D eigenvalue weighted by molar-refractivity contribution is 4.49. The summed E-state index contributed by atoms with van der Waals surface area (Å²) in [5.74, 6) is 0. The summed E-state index contributed by atoms with van der Waals surface area (Å²) in [4.78, 5) is 9.68. The highest BCUT2D eigenvalue weighted by Gasteiger charge is 1.98. The van der Waals surface area contributed by atoms with Crippen LogP contribution in [-0.2, 0) is 0 Å². The third-order valence-corrected chi connectivity index (χ3v) is 1.96. The summed E-state index contributed by atoms with van der Waals surface area (Å²) in [6.07, 6.45) is 5.38. The van der Waals surface area contributed by atoms with E-state index >= 15 is 0 Å². The van der Waals surface area contributed by atoms with Crippen LogP contribution in [0.3, 0.4) is 0 Å². The van der Waals surface area contributed by atoms with Crippen molar-refractivity contribution in [1.82, 2.24) is 0 Å². The maximum absolute atomic E-state index is 9.95. The fourth-order valence-corrected chi connectivity index (χ4v) is 1.21. The molecule has 0 amide bonds. The lowest BCUT2D eigenvalue weighted by Gasteiger charge is -2.02. The predicted molar refractivity (Wildman–Crippen MR) is 51.2 cm³/mol. The Morgan fingerprint density at radius 1 is 1.23 bits per heavy atom. The lowest BCUT2D eigenvalue weighted by molar-refractivity contribution is -0.480. The van der Waals surface area contributed by atoms with Gasteiger partial charge in [0.1, 0.15) is 0 Å². The van der Waals surface area contributed by atoms with E-state index in [4.69, 9.17) is 5.11 Å². The summed E-state index contributed by atoms with van der Waals surface area (Å²) in [7, 11) is 0. The van der Waals surface area contributed by atoms with Gasteiger partial charge in [0.25, 0.3) is 0 Å². The summed E-state index contributed by atoms with van der Waals surface area (Å²) in [5.41, 5.74) is 0. The molecule has 0 fully saturated rings. The first-order valence-corrected chi connectivity index (χ1v) is 4.93. The number of rotatable bonds is 8. The van der Waals surface area contributed by atoms with Gasteiger partial charge in [-0.3, -0.25) is 10.1 Å². The number of aliphatic hydroxyl groups is 1. The zero-order chi connectivity index (χ0) is 10.1. The van der Waals surface area contributed by atoms with Crippen LogP contribution >= 0.6 is 0 Å². The van der Waals surface area contributed by atoms with Crippen LogP contribution in [0.4, 0.5) is 0 Å². The highest BCUT2D eigenvalue weighted by atomic mass is 16.6. The van der Waals surface area contributed by atoms with E-state index in [-0.39, 0.29) is 17.6 Å². The maximum Gasteiger partial charge on any atom is 0.203 e. The quantitative estimate of drug-likeness (QED) is 0.361. The van der Waals surface area contributed by atoms with E-state index in [1.54, 1.807) is 6.92 Å². The van der Waals surface area contributed by atoms with Crippen LogP contribution in [0.15, 0.2) is 0 Å². The van der Waals surface area contributed by atoms with Crippen molar-refractivity contribution in [2.75, 3.05) is 6.54 Å². The molecule has 0 aromatic heterocycles. The van der Waals surface area contributed by atoms with Crippen molar-refractivity contribution in [3.05, 3.63) is 10.1 Å². The Balaban J connectivity index is 2.96. The van der Waals surface area contributed by atoms with Crippen LogP contribution in [0.5, 0.6) is 0 Å². The van der Waals surface area contributed by atoms with E-state index in [2.05, 4.69) is 0 Å². The Morgan fingerprint density at radius 2 is 1.77 bits per heavy atom. The van der Waals surface area contributed by atoms with Crippen molar-refractivity contribution < 1.29 is 10.0 Å². The Kier molecular flexibility index (Phi) is 7.59. The van der Waals surface area contributed by atoms with Crippen molar-refractivity contribution in [2.24, 2.45) is 0 Å². The van der Waals surface area contributed by atoms with Crippen LogP contribution in [0, 0.1) is 10.1 Å². The zero-order valence-corrected chi connectivity index (χ0v) is 8.24. The molecule has 0 rings (SSSR count). The van der Waals surface area contributed by atoms with Gasteiger partial charge in [-0.05, 0) is 19.8 Å². The summed E-state index contributed by atoms with van der Waals surface area (Å²) in [6.45, 7) is 1.88. The fourth-order valence-electron chi connectivity index (χ4n) is 1.21. The largest absolute Gasteiger partial charge is 0.393 e. The van der Waals surface area contributed by atoms with Gasteiger partial charge in [-0.25, -0.2) is 0 Å². The molecule has 0 saturated carbocycles. The molecular weight excluding hydrogens is 170 g/mol. The van der Waals surface area contributed by atoms with Crippen molar-refractivity contribution in [3.8, 4) is 0 Å². The molecule has 4 nitrogen and oxygen atoms in total. The van der Waals surface area contributed by atoms with Crippen molar-refractivity contribution in [3.63, 3.8) is 0 Å². The first-order chi connectivity index (χ1) is 6.13. The monoisotopic (exact) mass is 189 g/mol. The van der Waals surface area contributed by atoms with Gasteiger partial charge in [-0.15, -0.1) is 0 Å². The van der Waals surface area contributed by atoms with Crippen LogP contribution in [0.2, 0.25) is 0 Å². The second-order valence-corrected chi connectivity index (χ2v) is 3.46. The van der Waals surface area contributed by atoms with Crippen molar-refractivity contribution in [2.45, 2.75) is 51.6 Å². The molecule has 0 saturated heterocycles. The minimum Gasteiger partial charge on any atom is -0.393 e. The second kappa shape index (κ2) is 7.98. The number of aliphatic hydroxyl groups excluding tert-OH is 1. The van der Waals surface area contributed by atoms with E-state index in [9.17, 15) is 10.1 Å². The van der Waals surface area contributed by atoms with Crippen LogP contribution in [-0.4, -0.2) is 22.7 Å². The Labute approximate surface area is 79.1 Å². The van der Waals surface area contributed by atoms with Crippen molar-refractivity contribution in [1.29, 1.82) is 0 Å². The number of unbranched alkanes of at least 4 members (excludes halogenated alkanes) is 4. The summed E-state index contributed by atoms with van der Waals surface area (Å²) in [5, 5.41) is 18.9. The molecule has 0 spiro atoms. The van der Waals surface area contributed by atoms with Crippen LogP contribution < -0.4 is 0 Å². The normalized spacial score (nSPS) is 12.8. The number of nitrogens with zero attached hydrogens (tertiary/aromatic N) is 1. The topological polar surface area (TPSA) is 63.4 Å². The molecule has 0 aliphatic carbocycles. The van der Waals surface area contributed by atoms with E-state index < -0.39 is 0 Å². The van der Waals surface area contributed by atoms with E-state index in [1.807, 2.05) is 0 Å². The molecule has 0 aliphatic heterocycles.